The van der Waals surface area contributed by atoms with Crippen LogP contribution in [0.5, 0.6) is 0 Å². The third kappa shape index (κ3) is 4.73. The van der Waals surface area contributed by atoms with Crippen LogP contribution in [0.3, 0.4) is 0 Å². The molecular weight excluding hydrogens is 390 g/mol. The van der Waals surface area contributed by atoms with Gasteiger partial charge in [0, 0.05) is 6.54 Å². The molecule has 25 heavy (non-hydrogen) atoms. The maximum Gasteiger partial charge on any atom is 0.287 e. The molecule has 0 saturated carbocycles. The van der Waals surface area contributed by atoms with Gasteiger partial charge in [0.2, 0.25) is 5.91 Å². The third-order valence-corrected chi connectivity index (χ3v) is 4.58. The number of likely N-dealkylation sites (tertiary alicyclic amines) is 1. The Morgan fingerprint density at radius 1 is 1.20 bits per heavy atom. The van der Waals surface area contributed by atoms with Gasteiger partial charge < -0.3 is 19.5 Å². The Hall–Kier alpha value is -2.06. The van der Waals surface area contributed by atoms with Crippen molar-refractivity contribution in [3.05, 3.63) is 46.7 Å². The van der Waals surface area contributed by atoms with Crippen LogP contribution in [0.1, 0.15) is 35.2 Å². The summed E-state index contributed by atoms with van der Waals surface area (Å²) in [5, 5.41) is 5.40. The van der Waals surface area contributed by atoms with Gasteiger partial charge in [-0.1, -0.05) is 0 Å². The summed E-state index contributed by atoms with van der Waals surface area (Å²) in [4.78, 5) is 26.2. The smallest absolute Gasteiger partial charge is 0.287 e. The van der Waals surface area contributed by atoms with Crippen LogP contribution >= 0.6 is 15.9 Å². The first kappa shape index (κ1) is 17.8. The molecule has 3 rings (SSSR count). The van der Waals surface area contributed by atoms with E-state index >= 15 is 0 Å². The Morgan fingerprint density at radius 3 is 2.64 bits per heavy atom. The zero-order valence-corrected chi connectivity index (χ0v) is 15.3. The Balaban J connectivity index is 1.49. The van der Waals surface area contributed by atoms with Gasteiger partial charge in [-0.05, 0) is 66.1 Å². The molecule has 134 valence electrons. The molecule has 3 heterocycles. The maximum atomic E-state index is 12.1. The van der Waals surface area contributed by atoms with E-state index < -0.39 is 5.91 Å². The summed E-state index contributed by atoms with van der Waals surface area (Å²) in [6.45, 7) is 2.31. The van der Waals surface area contributed by atoms with Crippen LogP contribution in [0.15, 0.2) is 44.0 Å². The summed E-state index contributed by atoms with van der Waals surface area (Å²) in [6.07, 6.45) is 3.95. The average Bonchev–Trinajstić information content (AvgIpc) is 3.35. The van der Waals surface area contributed by atoms with Gasteiger partial charge in [-0.3, -0.25) is 14.5 Å². The van der Waals surface area contributed by atoms with Crippen molar-refractivity contribution in [3.8, 4) is 0 Å². The number of furan rings is 2. The molecular formula is C17H20BrN3O4. The zero-order valence-electron chi connectivity index (χ0n) is 13.7. The predicted octanol–water partition coefficient (Wildman–Crippen LogP) is 2.32. The molecule has 1 atom stereocenters. The fourth-order valence-corrected chi connectivity index (χ4v) is 3.21. The minimum absolute atomic E-state index is 0.0122. The first-order valence-electron chi connectivity index (χ1n) is 8.21. The Morgan fingerprint density at radius 2 is 2.00 bits per heavy atom. The zero-order chi connectivity index (χ0) is 17.6. The highest BCUT2D eigenvalue weighted by Gasteiger charge is 2.26. The molecule has 2 aromatic heterocycles. The van der Waals surface area contributed by atoms with Crippen molar-refractivity contribution in [2.24, 2.45) is 0 Å². The molecule has 0 radical (unpaired) electrons. The average molecular weight is 410 g/mol. The van der Waals surface area contributed by atoms with Crippen molar-refractivity contribution < 1.29 is 18.4 Å². The van der Waals surface area contributed by atoms with Gasteiger partial charge in [-0.2, -0.15) is 0 Å². The summed E-state index contributed by atoms with van der Waals surface area (Å²) in [7, 11) is 0. The van der Waals surface area contributed by atoms with Gasteiger partial charge in [0.05, 0.1) is 18.8 Å². The molecule has 2 N–H and O–H groups in total. The second-order valence-electron chi connectivity index (χ2n) is 5.86. The van der Waals surface area contributed by atoms with Gasteiger partial charge in [0.1, 0.15) is 5.76 Å². The molecule has 7 nitrogen and oxygen atoms in total. The molecule has 0 bridgehead atoms. The number of carbonyl (C=O) groups is 2. The van der Waals surface area contributed by atoms with Crippen LogP contribution in [-0.2, 0) is 4.79 Å². The summed E-state index contributed by atoms with van der Waals surface area (Å²) in [5.41, 5.74) is 0. The van der Waals surface area contributed by atoms with Crippen molar-refractivity contribution in [1.82, 2.24) is 15.5 Å². The summed E-state index contributed by atoms with van der Waals surface area (Å²) in [5.74, 6) is 0.314. The van der Waals surface area contributed by atoms with E-state index in [1.54, 1.807) is 12.3 Å². The van der Waals surface area contributed by atoms with Crippen LogP contribution in [0.25, 0.3) is 0 Å². The van der Waals surface area contributed by atoms with E-state index in [9.17, 15) is 9.59 Å². The lowest BCUT2D eigenvalue weighted by Gasteiger charge is -2.26. The lowest BCUT2D eigenvalue weighted by atomic mass is 10.2. The lowest BCUT2D eigenvalue weighted by Crippen LogP contribution is -2.41. The monoisotopic (exact) mass is 409 g/mol. The van der Waals surface area contributed by atoms with Crippen LogP contribution in [-0.4, -0.2) is 42.9 Å². The SMILES string of the molecule is O=C(CNC(=O)c1ccc(Br)o1)NCC(c1ccco1)N1CCCC1. The number of carbonyl (C=O) groups excluding carboxylic acids is 2. The molecule has 1 aliphatic heterocycles. The summed E-state index contributed by atoms with van der Waals surface area (Å²) >= 11 is 3.13. The highest BCUT2D eigenvalue weighted by atomic mass is 79.9. The summed E-state index contributed by atoms with van der Waals surface area (Å²) in [6, 6.07) is 6.95. The van der Waals surface area contributed by atoms with Crippen LogP contribution in [0.2, 0.25) is 0 Å². The number of amides is 2. The maximum absolute atomic E-state index is 12.1. The minimum Gasteiger partial charge on any atom is -0.468 e. The molecule has 1 saturated heterocycles. The third-order valence-electron chi connectivity index (χ3n) is 4.15. The minimum atomic E-state index is -0.428. The topological polar surface area (TPSA) is 87.7 Å². The van der Waals surface area contributed by atoms with Crippen molar-refractivity contribution in [1.29, 1.82) is 0 Å². The number of halogens is 1. The van der Waals surface area contributed by atoms with Crippen molar-refractivity contribution in [3.63, 3.8) is 0 Å². The molecule has 2 aromatic rings. The van der Waals surface area contributed by atoms with Crippen molar-refractivity contribution in [2.75, 3.05) is 26.2 Å². The van der Waals surface area contributed by atoms with Gasteiger partial charge in [0.25, 0.3) is 5.91 Å². The quantitative estimate of drug-likeness (QED) is 0.732. The molecule has 8 heteroatoms. The largest absolute Gasteiger partial charge is 0.468 e. The van der Waals surface area contributed by atoms with E-state index in [1.165, 1.54) is 6.07 Å². The molecule has 0 aliphatic carbocycles. The first-order chi connectivity index (χ1) is 12.1. The molecule has 1 aliphatic rings. The second kappa shape index (κ2) is 8.35. The van der Waals surface area contributed by atoms with Crippen LogP contribution in [0, 0.1) is 0 Å². The van der Waals surface area contributed by atoms with Gasteiger partial charge >= 0.3 is 0 Å². The van der Waals surface area contributed by atoms with E-state index in [0.29, 0.717) is 11.2 Å². The van der Waals surface area contributed by atoms with Crippen molar-refractivity contribution in [2.45, 2.75) is 18.9 Å². The fraction of sp³-hybridized carbons (Fsp3) is 0.412. The van der Waals surface area contributed by atoms with E-state index in [1.807, 2.05) is 12.1 Å². The van der Waals surface area contributed by atoms with E-state index in [4.69, 9.17) is 8.83 Å². The molecule has 1 unspecified atom stereocenters. The Kier molecular flexibility index (Phi) is 5.93. The van der Waals surface area contributed by atoms with E-state index in [-0.39, 0.29) is 24.3 Å². The van der Waals surface area contributed by atoms with E-state index in [2.05, 4.69) is 31.5 Å². The number of hydrogen-bond donors (Lipinski definition) is 2. The predicted molar refractivity (Wildman–Crippen MR) is 94.0 cm³/mol. The Labute approximate surface area is 153 Å². The highest BCUT2D eigenvalue weighted by Crippen LogP contribution is 2.24. The molecule has 1 fully saturated rings. The van der Waals surface area contributed by atoms with Crippen LogP contribution < -0.4 is 10.6 Å². The van der Waals surface area contributed by atoms with Gasteiger partial charge in [0.15, 0.2) is 10.4 Å². The number of nitrogens with one attached hydrogen (secondary N) is 2. The molecule has 2 amide bonds. The van der Waals surface area contributed by atoms with Crippen molar-refractivity contribution >= 4 is 27.7 Å². The van der Waals surface area contributed by atoms with Gasteiger partial charge in [-0.15, -0.1) is 0 Å². The number of rotatable bonds is 7. The number of hydrogen-bond acceptors (Lipinski definition) is 5. The number of nitrogens with zero attached hydrogens (tertiary/aromatic N) is 1. The molecule has 0 aromatic carbocycles. The Bertz CT molecular complexity index is 707. The standard InChI is InChI=1S/C17H20BrN3O4/c18-15-6-5-14(25-15)17(23)20-11-16(22)19-10-12(13-4-3-9-24-13)21-7-1-2-8-21/h3-6,9,12H,1-2,7-8,10-11H2,(H,19,22)(H,20,23). The first-order valence-corrected chi connectivity index (χ1v) is 9.00. The molecule has 0 spiro atoms. The lowest BCUT2D eigenvalue weighted by molar-refractivity contribution is -0.120. The van der Waals surface area contributed by atoms with Gasteiger partial charge in [-0.25, -0.2) is 0 Å². The fourth-order valence-electron chi connectivity index (χ4n) is 2.90. The van der Waals surface area contributed by atoms with Crippen LogP contribution in [0.4, 0.5) is 0 Å². The van der Waals surface area contributed by atoms with E-state index in [0.717, 1.165) is 31.7 Å². The highest BCUT2D eigenvalue weighted by molar-refractivity contribution is 9.10. The second-order valence-corrected chi connectivity index (χ2v) is 6.65. The normalized spacial score (nSPS) is 15.9. The summed E-state index contributed by atoms with van der Waals surface area (Å²) < 4.78 is 11.1.